The number of halogens is 1. The van der Waals surface area contributed by atoms with Crippen LogP contribution in [0.25, 0.3) is 0 Å². The number of piperazine rings is 1. The summed E-state index contributed by atoms with van der Waals surface area (Å²) >= 11 is 0. The SMILES string of the molecule is CCCC(C(=O)NCO)N1CC(=O)c2cc(F)c(N3CCN(CC4CCNCC4)CC3)cc2C1=O. The summed E-state index contributed by atoms with van der Waals surface area (Å²) in [6.45, 7) is 7.15. The van der Waals surface area contributed by atoms with E-state index in [1.807, 2.05) is 11.8 Å². The van der Waals surface area contributed by atoms with Gasteiger partial charge in [-0.1, -0.05) is 13.3 Å². The van der Waals surface area contributed by atoms with E-state index < -0.39 is 36.2 Å². The molecule has 0 radical (unpaired) electrons. The maximum atomic E-state index is 15.1. The van der Waals surface area contributed by atoms with E-state index in [9.17, 15) is 14.4 Å². The minimum Gasteiger partial charge on any atom is -0.376 e. The van der Waals surface area contributed by atoms with Gasteiger partial charge < -0.3 is 25.5 Å². The highest BCUT2D eigenvalue weighted by atomic mass is 19.1. The summed E-state index contributed by atoms with van der Waals surface area (Å²) in [6.07, 6.45) is 3.33. The second-order valence-electron chi connectivity index (χ2n) is 9.69. The Labute approximate surface area is 205 Å². The van der Waals surface area contributed by atoms with E-state index >= 15 is 4.39 Å². The van der Waals surface area contributed by atoms with Crippen molar-refractivity contribution in [3.05, 3.63) is 29.1 Å². The lowest BCUT2D eigenvalue weighted by atomic mass is 9.94. The summed E-state index contributed by atoms with van der Waals surface area (Å²) in [5, 5.41) is 14.8. The smallest absolute Gasteiger partial charge is 0.255 e. The zero-order valence-electron chi connectivity index (χ0n) is 20.4. The van der Waals surface area contributed by atoms with Gasteiger partial charge in [0.15, 0.2) is 5.78 Å². The van der Waals surface area contributed by atoms with Crippen molar-refractivity contribution in [2.45, 2.75) is 38.6 Å². The summed E-state index contributed by atoms with van der Waals surface area (Å²) in [5.41, 5.74) is 0.516. The Morgan fingerprint density at radius 3 is 2.54 bits per heavy atom. The van der Waals surface area contributed by atoms with E-state index in [0.29, 0.717) is 37.5 Å². The van der Waals surface area contributed by atoms with E-state index in [1.165, 1.54) is 29.9 Å². The normalized spacial score (nSPS) is 20.7. The first-order valence-corrected chi connectivity index (χ1v) is 12.7. The molecule has 1 aromatic rings. The maximum absolute atomic E-state index is 15.1. The van der Waals surface area contributed by atoms with Crippen molar-refractivity contribution >= 4 is 23.3 Å². The summed E-state index contributed by atoms with van der Waals surface area (Å²) in [7, 11) is 0. The van der Waals surface area contributed by atoms with Gasteiger partial charge in [-0.15, -0.1) is 0 Å². The van der Waals surface area contributed by atoms with Crippen LogP contribution in [0.3, 0.4) is 0 Å². The zero-order chi connectivity index (χ0) is 24.9. The Bertz CT molecular complexity index is 944. The highest BCUT2D eigenvalue weighted by Gasteiger charge is 2.38. The lowest BCUT2D eigenvalue weighted by molar-refractivity contribution is -0.126. The number of Topliss-reactive ketones (excluding diaryl/α,β-unsaturated/α-hetero) is 1. The third-order valence-corrected chi connectivity index (χ3v) is 7.37. The quantitative estimate of drug-likeness (QED) is 0.465. The molecule has 9 nitrogen and oxygen atoms in total. The van der Waals surface area contributed by atoms with Crippen LogP contribution in [0.2, 0.25) is 0 Å². The van der Waals surface area contributed by atoms with E-state index in [1.54, 1.807) is 0 Å². The Morgan fingerprint density at radius 1 is 1.17 bits per heavy atom. The Morgan fingerprint density at radius 2 is 1.89 bits per heavy atom. The Kier molecular flexibility index (Phi) is 8.35. The molecule has 3 aliphatic heterocycles. The number of fused-ring (bicyclic) bond motifs is 1. The number of carbonyl (C=O) groups excluding carboxylic acids is 3. The molecule has 10 heteroatoms. The van der Waals surface area contributed by atoms with Crippen LogP contribution in [0.15, 0.2) is 12.1 Å². The molecule has 1 atom stereocenters. The Balaban J connectivity index is 1.50. The summed E-state index contributed by atoms with van der Waals surface area (Å²) in [4.78, 5) is 44.3. The molecular weight excluding hydrogens is 453 g/mol. The summed E-state index contributed by atoms with van der Waals surface area (Å²) in [5.74, 6) is -1.18. The van der Waals surface area contributed by atoms with Crippen molar-refractivity contribution < 1.29 is 23.9 Å². The number of anilines is 1. The monoisotopic (exact) mass is 489 g/mol. The van der Waals surface area contributed by atoms with Crippen LogP contribution in [-0.4, -0.2) is 97.6 Å². The van der Waals surface area contributed by atoms with Crippen LogP contribution < -0.4 is 15.5 Å². The Hall–Kier alpha value is -2.56. The number of aliphatic hydroxyl groups is 1. The molecular formula is C25H36FN5O4. The molecule has 2 fully saturated rings. The minimum absolute atomic E-state index is 0.0647. The van der Waals surface area contributed by atoms with Crippen LogP contribution in [0.1, 0.15) is 53.3 Å². The van der Waals surface area contributed by atoms with Crippen LogP contribution in [-0.2, 0) is 4.79 Å². The van der Waals surface area contributed by atoms with E-state index in [2.05, 4.69) is 15.5 Å². The highest BCUT2D eigenvalue weighted by molar-refractivity contribution is 6.15. The number of nitrogens with one attached hydrogen (secondary N) is 2. The van der Waals surface area contributed by atoms with Crippen LogP contribution in [0.4, 0.5) is 10.1 Å². The molecule has 0 saturated carbocycles. The number of hydrogen-bond donors (Lipinski definition) is 3. The lowest BCUT2D eigenvalue weighted by Crippen LogP contribution is -2.54. The fourth-order valence-electron chi connectivity index (χ4n) is 5.43. The molecule has 2 saturated heterocycles. The van der Waals surface area contributed by atoms with Crippen LogP contribution >= 0.6 is 0 Å². The molecule has 35 heavy (non-hydrogen) atoms. The first-order valence-electron chi connectivity index (χ1n) is 12.7. The standard InChI is InChI=1S/C25H36FN5O4/c1-2-3-21(24(34)28-16-32)31-15-23(33)18-12-20(26)22(13-19(18)25(31)35)30-10-8-29(9-11-30)14-17-4-6-27-7-5-17/h12-13,17,21,27,32H,2-11,14-16H2,1H3,(H,28,34). The third kappa shape index (κ3) is 5.65. The number of amides is 2. The number of rotatable bonds is 8. The van der Waals surface area contributed by atoms with Gasteiger partial charge in [-0.25, -0.2) is 4.39 Å². The maximum Gasteiger partial charge on any atom is 0.255 e. The average Bonchev–Trinajstić information content (AvgIpc) is 2.86. The fourth-order valence-corrected chi connectivity index (χ4v) is 5.43. The van der Waals surface area contributed by atoms with Crippen molar-refractivity contribution in [1.29, 1.82) is 0 Å². The first kappa shape index (κ1) is 25.5. The fraction of sp³-hybridized carbons (Fsp3) is 0.640. The van der Waals surface area contributed by atoms with Crippen molar-refractivity contribution in [2.75, 3.05) is 64.0 Å². The zero-order valence-corrected chi connectivity index (χ0v) is 20.4. The van der Waals surface area contributed by atoms with Gasteiger partial charge in [0.25, 0.3) is 5.91 Å². The van der Waals surface area contributed by atoms with Gasteiger partial charge in [0.05, 0.1) is 17.8 Å². The van der Waals surface area contributed by atoms with Gasteiger partial charge in [0.2, 0.25) is 5.91 Å². The van der Waals surface area contributed by atoms with E-state index in [-0.39, 0.29) is 17.7 Å². The molecule has 4 rings (SSSR count). The molecule has 192 valence electrons. The summed E-state index contributed by atoms with van der Waals surface area (Å²) in [6, 6.07) is 1.78. The number of benzene rings is 1. The molecule has 1 aromatic carbocycles. The largest absolute Gasteiger partial charge is 0.376 e. The van der Waals surface area contributed by atoms with E-state index in [0.717, 1.165) is 32.7 Å². The predicted molar refractivity (Wildman–Crippen MR) is 130 cm³/mol. The molecule has 0 aliphatic carbocycles. The number of nitrogens with zero attached hydrogens (tertiary/aromatic N) is 3. The van der Waals surface area contributed by atoms with Crippen molar-refractivity contribution in [2.24, 2.45) is 5.92 Å². The number of aliphatic hydroxyl groups excluding tert-OH is 1. The van der Waals surface area contributed by atoms with Gasteiger partial charge in [-0.05, 0) is 50.4 Å². The van der Waals surface area contributed by atoms with Crippen LogP contribution in [0, 0.1) is 11.7 Å². The lowest BCUT2D eigenvalue weighted by Gasteiger charge is -2.39. The molecule has 0 aromatic heterocycles. The second kappa shape index (κ2) is 11.5. The summed E-state index contributed by atoms with van der Waals surface area (Å²) < 4.78 is 15.1. The molecule has 1 unspecified atom stereocenters. The molecule has 3 heterocycles. The minimum atomic E-state index is -0.871. The van der Waals surface area contributed by atoms with E-state index in [4.69, 9.17) is 5.11 Å². The highest BCUT2D eigenvalue weighted by Crippen LogP contribution is 2.30. The molecule has 3 N–H and O–H groups in total. The van der Waals surface area contributed by atoms with Gasteiger partial charge >= 0.3 is 0 Å². The second-order valence-corrected chi connectivity index (χ2v) is 9.69. The van der Waals surface area contributed by atoms with Gasteiger partial charge in [-0.2, -0.15) is 0 Å². The number of hydrogen-bond acceptors (Lipinski definition) is 7. The topological polar surface area (TPSA) is 105 Å². The molecule has 2 amide bonds. The predicted octanol–water partition coefficient (Wildman–Crippen LogP) is 0.821. The number of piperidine rings is 1. The number of carbonyl (C=O) groups is 3. The van der Waals surface area contributed by atoms with Crippen molar-refractivity contribution in [3.63, 3.8) is 0 Å². The van der Waals surface area contributed by atoms with Crippen molar-refractivity contribution in [3.8, 4) is 0 Å². The van der Waals surface area contributed by atoms with Gasteiger partial charge in [0.1, 0.15) is 18.6 Å². The third-order valence-electron chi connectivity index (χ3n) is 7.37. The number of ketones is 1. The van der Waals surface area contributed by atoms with Gasteiger partial charge in [-0.3, -0.25) is 19.3 Å². The van der Waals surface area contributed by atoms with Gasteiger partial charge in [0, 0.05) is 38.3 Å². The average molecular weight is 490 g/mol. The first-order chi connectivity index (χ1) is 16.9. The molecule has 0 spiro atoms. The molecule has 3 aliphatic rings. The molecule has 0 bridgehead atoms. The van der Waals surface area contributed by atoms with Crippen LogP contribution in [0.5, 0.6) is 0 Å². The van der Waals surface area contributed by atoms with Crippen molar-refractivity contribution in [1.82, 2.24) is 20.4 Å².